The largest absolute Gasteiger partial charge is 0.355 e. The summed E-state index contributed by atoms with van der Waals surface area (Å²) in [6.45, 7) is 5.39. The number of amides is 1. The number of carbonyl (C=O) groups excluding carboxylic acids is 1. The van der Waals surface area contributed by atoms with E-state index < -0.39 is 0 Å². The Labute approximate surface area is 171 Å². The predicted octanol–water partition coefficient (Wildman–Crippen LogP) is 4.40. The van der Waals surface area contributed by atoms with Gasteiger partial charge in [-0.2, -0.15) is 11.8 Å². The first-order valence-corrected chi connectivity index (χ1v) is 11.1. The maximum atomic E-state index is 13.1. The highest BCUT2D eigenvalue weighted by atomic mass is 32.2. The van der Waals surface area contributed by atoms with Gasteiger partial charge in [0.15, 0.2) is 0 Å². The fourth-order valence-corrected chi connectivity index (χ4v) is 4.54. The summed E-state index contributed by atoms with van der Waals surface area (Å²) in [5.74, 6) is 1.92. The monoisotopic (exact) mass is 400 g/mol. The number of thioether (sulfide) groups is 1. The average molecular weight is 401 g/mol. The summed E-state index contributed by atoms with van der Waals surface area (Å²) in [5.41, 5.74) is 3.78. The van der Waals surface area contributed by atoms with Gasteiger partial charge in [-0.05, 0) is 55.1 Å². The van der Waals surface area contributed by atoms with Crippen LogP contribution in [0.3, 0.4) is 0 Å². The number of halogens is 1. The molecule has 2 aromatic carbocycles. The molecule has 5 heteroatoms. The molecule has 0 bridgehead atoms. The zero-order chi connectivity index (χ0) is 19.8. The second kappa shape index (κ2) is 10.6. The highest BCUT2D eigenvalue weighted by Gasteiger charge is 2.25. The molecular weight excluding hydrogens is 371 g/mol. The molecule has 1 atom stereocenters. The molecule has 1 heterocycles. The number of likely N-dealkylation sites (tertiary alicyclic amines) is 1. The molecule has 1 amide bonds. The molecule has 0 spiro atoms. The van der Waals surface area contributed by atoms with Crippen molar-refractivity contribution in [1.29, 1.82) is 0 Å². The molecule has 0 aromatic heterocycles. The number of hydrogen-bond acceptors (Lipinski definition) is 3. The van der Waals surface area contributed by atoms with Crippen LogP contribution in [0, 0.1) is 18.7 Å². The van der Waals surface area contributed by atoms with E-state index in [1.54, 1.807) is 0 Å². The van der Waals surface area contributed by atoms with Crippen LogP contribution in [0.1, 0.15) is 29.5 Å². The summed E-state index contributed by atoms with van der Waals surface area (Å²) in [6.07, 6.45) is 1.98. The fourth-order valence-electron chi connectivity index (χ4n) is 3.61. The third-order valence-electron chi connectivity index (χ3n) is 5.26. The third kappa shape index (κ3) is 6.35. The molecule has 1 aliphatic rings. The number of benzene rings is 2. The quantitative estimate of drug-likeness (QED) is 0.667. The van der Waals surface area contributed by atoms with Crippen molar-refractivity contribution in [2.75, 3.05) is 25.4 Å². The minimum atomic E-state index is -0.208. The van der Waals surface area contributed by atoms with Crippen LogP contribution in [-0.4, -0.2) is 36.2 Å². The van der Waals surface area contributed by atoms with Gasteiger partial charge in [-0.3, -0.25) is 9.69 Å². The van der Waals surface area contributed by atoms with Gasteiger partial charge in [0.25, 0.3) is 0 Å². The third-order valence-corrected chi connectivity index (χ3v) is 6.27. The topological polar surface area (TPSA) is 32.3 Å². The van der Waals surface area contributed by atoms with Gasteiger partial charge in [0.1, 0.15) is 5.82 Å². The van der Waals surface area contributed by atoms with Crippen LogP contribution in [0.2, 0.25) is 0 Å². The van der Waals surface area contributed by atoms with Gasteiger partial charge in [-0.15, -0.1) is 0 Å². The Morgan fingerprint density at radius 1 is 1.21 bits per heavy atom. The normalized spacial score (nSPS) is 17.4. The number of nitrogens with one attached hydrogen (secondary N) is 1. The van der Waals surface area contributed by atoms with Crippen molar-refractivity contribution in [3.05, 3.63) is 71.0 Å². The molecule has 3 nitrogen and oxygen atoms in total. The Morgan fingerprint density at radius 2 is 2.00 bits per heavy atom. The summed E-state index contributed by atoms with van der Waals surface area (Å²) in [5, 5.41) is 3.11. The Morgan fingerprint density at radius 3 is 2.79 bits per heavy atom. The van der Waals surface area contributed by atoms with Crippen molar-refractivity contribution < 1.29 is 9.18 Å². The van der Waals surface area contributed by atoms with E-state index >= 15 is 0 Å². The van der Waals surface area contributed by atoms with Crippen molar-refractivity contribution in [2.24, 2.45) is 5.92 Å². The van der Waals surface area contributed by atoms with E-state index in [2.05, 4.69) is 41.4 Å². The van der Waals surface area contributed by atoms with Crippen LogP contribution in [0.4, 0.5) is 4.39 Å². The van der Waals surface area contributed by atoms with Gasteiger partial charge in [-0.1, -0.05) is 36.4 Å². The first-order chi connectivity index (χ1) is 13.6. The van der Waals surface area contributed by atoms with Crippen LogP contribution in [0.5, 0.6) is 0 Å². The first kappa shape index (κ1) is 20.9. The lowest BCUT2D eigenvalue weighted by atomic mass is 9.96. The van der Waals surface area contributed by atoms with Crippen molar-refractivity contribution in [1.82, 2.24) is 10.2 Å². The van der Waals surface area contributed by atoms with Gasteiger partial charge in [0.05, 0.1) is 5.92 Å². The van der Waals surface area contributed by atoms with Gasteiger partial charge in [-0.25, -0.2) is 4.39 Å². The second-order valence-electron chi connectivity index (χ2n) is 7.47. The summed E-state index contributed by atoms with van der Waals surface area (Å²) >= 11 is 1.86. The van der Waals surface area contributed by atoms with E-state index in [9.17, 15) is 9.18 Å². The highest BCUT2D eigenvalue weighted by molar-refractivity contribution is 7.98. The maximum absolute atomic E-state index is 13.1. The SMILES string of the molecule is Cc1ccccc1CSCCNC(=O)C1CCCN(Cc2ccc(F)cc2)C1. The van der Waals surface area contributed by atoms with Crippen molar-refractivity contribution >= 4 is 17.7 Å². The van der Waals surface area contributed by atoms with Gasteiger partial charge >= 0.3 is 0 Å². The van der Waals surface area contributed by atoms with Crippen LogP contribution in [0.25, 0.3) is 0 Å². The fraction of sp³-hybridized carbons (Fsp3) is 0.435. The number of aryl methyl sites for hydroxylation is 1. The van der Waals surface area contributed by atoms with E-state index in [4.69, 9.17) is 0 Å². The number of hydrogen-bond donors (Lipinski definition) is 1. The summed E-state index contributed by atoms with van der Waals surface area (Å²) in [6, 6.07) is 15.1. The first-order valence-electron chi connectivity index (χ1n) is 9.98. The molecular formula is C23H29FN2OS. The van der Waals surface area contributed by atoms with E-state index in [0.29, 0.717) is 6.54 Å². The molecule has 2 aromatic rings. The van der Waals surface area contributed by atoms with Crippen LogP contribution >= 0.6 is 11.8 Å². The molecule has 1 N–H and O–H groups in total. The summed E-state index contributed by atoms with van der Waals surface area (Å²) in [7, 11) is 0. The smallest absolute Gasteiger partial charge is 0.224 e. The summed E-state index contributed by atoms with van der Waals surface area (Å²) < 4.78 is 13.1. The van der Waals surface area contributed by atoms with Gasteiger partial charge in [0, 0.05) is 31.1 Å². The second-order valence-corrected chi connectivity index (χ2v) is 8.58. The predicted molar refractivity (Wildman–Crippen MR) is 115 cm³/mol. The molecule has 1 saturated heterocycles. The molecule has 0 saturated carbocycles. The Hall–Kier alpha value is -1.85. The maximum Gasteiger partial charge on any atom is 0.224 e. The summed E-state index contributed by atoms with van der Waals surface area (Å²) in [4.78, 5) is 14.8. The lowest BCUT2D eigenvalue weighted by Gasteiger charge is -2.32. The van der Waals surface area contributed by atoms with E-state index in [0.717, 1.165) is 49.5 Å². The minimum Gasteiger partial charge on any atom is -0.355 e. The Bertz CT molecular complexity index is 765. The number of rotatable bonds is 8. The zero-order valence-electron chi connectivity index (χ0n) is 16.5. The van der Waals surface area contributed by atoms with Crippen LogP contribution in [0.15, 0.2) is 48.5 Å². The van der Waals surface area contributed by atoms with Gasteiger partial charge < -0.3 is 5.32 Å². The van der Waals surface area contributed by atoms with Crippen molar-refractivity contribution in [2.45, 2.75) is 32.1 Å². The molecule has 0 aliphatic carbocycles. The molecule has 1 aliphatic heterocycles. The Balaban J connectivity index is 1.36. The molecule has 1 unspecified atom stereocenters. The molecule has 0 radical (unpaired) electrons. The minimum absolute atomic E-state index is 0.0515. The molecule has 150 valence electrons. The zero-order valence-corrected chi connectivity index (χ0v) is 17.3. The number of carbonyl (C=O) groups is 1. The molecule has 1 fully saturated rings. The van der Waals surface area contributed by atoms with Gasteiger partial charge in [0.2, 0.25) is 5.91 Å². The van der Waals surface area contributed by atoms with E-state index in [1.165, 1.54) is 23.3 Å². The lowest BCUT2D eigenvalue weighted by Crippen LogP contribution is -2.43. The highest BCUT2D eigenvalue weighted by Crippen LogP contribution is 2.19. The van der Waals surface area contributed by atoms with E-state index in [1.807, 2.05) is 23.9 Å². The average Bonchev–Trinajstić information content (AvgIpc) is 2.71. The van der Waals surface area contributed by atoms with Crippen LogP contribution in [-0.2, 0) is 17.1 Å². The van der Waals surface area contributed by atoms with Crippen LogP contribution < -0.4 is 5.32 Å². The Kier molecular flexibility index (Phi) is 7.92. The standard InChI is InChI=1S/C23H29FN2OS/c1-18-5-2-3-6-21(18)17-28-14-12-25-23(27)20-7-4-13-26(16-20)15-19-8-10-22(24)11-9-19/h2-3,5-6,8-11,20H,4,7,12-17H2,1H3,(H,25,27). The van der Waals surface area contributed by atoms with Crippen molar-refractivity contribution in [3.8, 4) is 0 Å². The number of piperidine rings is 1. The molecule has 3 rings (SSSR count). The lowest BCUT2D eigenvalue weighted by molar-refractivity contribution is -0.126. The number of nitrogens with zero attached hydrogens (tertiary/aromatic N) is 1. The molecule has 28 heavy (non-hydrogen) atoms. The van der Waals surface area contributed by atoms with E-state index in [-0.39, 0.29) is 17.6 Å². The van der Waals surface area contributed by atoms with Crippen molar-refractivity contribution in [3.63, 3.8) is 0 Å².